The highest BCUT2D eigenvalue weighted by atomic mass is 32.2. The van der Waals surface area contributed by atoms with Crippen molar-refractivity contribution in [3.63, 3.8) is 0 Å². The fourth-order valence-electron chi connectivity index (χ4n) is 1.72. The van der Waals surface area contributed by atoms with Gasteiger partial charge in [0.15, 0.2) is 4.34 Å². The topological polar surface area (TPSA) is 12.9 Å². The molecule has 86 valence electrons. The van der Waals surface area contributed by atoms with Gasteiger partial charge in [0.2, 0.25) is 0 Å². The predicted octanol–water partition coefficient (Wildman–Crippen LogP) is 4.82. The van der Waals surface area contributed by atoms with Crippen molar-refractivity contribution >= 4 is 33.3 Å². The highest BCUT2D eigenvalue weighted by molar-refractivity contribution is 8.01. The lowest BCUT2D eigenvalue weighted by Crippen LogP contribution is -2.08. The van der Waals surface area contributed by atoms with Crippen LogP contribution >= 0.6 is 23.1 Å². The zero-order chi connectivity index (χ0) is 11.5. The Bertz CT molecular complexity index is 429. The molecule has 0 aliphatic heterocycles. The molecule has 0 aliphatic rings. The van der Waals surface area contributed by atoms with Crippen LogP contribution in [0.5, 0.6) is 0 Å². The van der Waals surface area contributed by atoms with Crippen LogP contribution in [0.2, 0.25) is 0 Å². The lowest BCUT2D eigenvalue weighted by Gasteiger charge is -2.16. The van der Waals surface area contributed by atoms with Crippen molar-refractivity contribution in [2.45, 2.75) is 36.8 Å². The summed E-state index contributed by atoms with van der Waals surface area (Å²) in [4.78, 5) is 4.66. The van der Waals surface area contributed by atoms with E-state index < -0.39 is 0 Å². The van der Waals surface area contributed by atoms with Crippen LogP contribution in [0.4, 0.5) is 0 Å². The predicted molar refractivity (Wildman–Crippen MR) is 74.4 cm³/mol. The molecular formula is C13H17NS2. The van der Waals surface area contributed by atoms with E-state index in [0.29, 0.717) is 11.2 Å². The summed E-state index contributed by atoms with van der Waals surface area (Å²) in [7, 11) is 0. The summed E-state index contributed by atoms with van der Waals surface area (Å²) in [5.74, 6) is 0.710. The fourth-order valence-corrected chi connectivity index (χ4v) is 4.10. The monoisotopic (exact) mass is 251 g/mol. The van der Waals surface area contributed by atoms with Gasteiger partial charge in [0.1, 0.15) is 0 Å². The van der Waals surface area contributed by atoms with Gasteiger partial charge in [-0.1, -0.05) is 44.7 Å². The van der Waals surface area contributed by atoms with Gasteiger partial charge in [-0.25, -0.2) is 4.98 Å². The summed E-state index contributed by atoms with van der Waals surface area (Å²) in [5, 5.41) is 0.681. The van der Waals surface area contributed by atoms with E-state index in [2.05, 4.69) is 50.0 Å². The second-order valence-corrected chi connectivity index (χ2v) is 6.77. The van der Waals surface area contributed by atoms with E-state index in [1.165, 1.54) is 15.5 Å². The molecule has 1 unspecified atom stereocenters. The summed E-state index contributed by atoms with van der Waals surface area (Å²) in [6, 6.07) is 8.37. The highest BCUT2D eigenvalue weighted by Gasteiger charge is 2.15. The number of para-hydroxylation sites is 1. The molecule has 0 amide bonds. The van der Waals surface area contributed by atoms with Crippen LogP contribution in [0.1, 0.15) is 27.2 Å². The fraction of sp³-hybridized carbons (Fsp3) is 0.462. The van der Waals surface area contributed by atoms with E-state index in [1.54, 1.807) is 0 Å². The minimum absolute atomic E-state index is 0.681. The molecular weight excluding hydrogens is 234 g/mol. The molecule has 1 heterocycles. The van der Waals surface area contributed by atoms with Crippen LogP contribution in [-0.2, 0) is 0 Å². The van der Waals surface area contributed by atoms with Crippen molar-refractivity contribution < 1.29 is 0 Å². The van der Waals surface area contributed by atoms with Gasteiger partial charge in [-0.2, -0.15) is 0 Å². The molecule has 1 aromatic carbocycles. The molecule has 0 aliphatic carbocycles. The van der Waals surface area contributed by atoms with Crippen molar-refractivity contribution in [1.29, 1.82) is 0 Å². The number of fused-ring (bicyclic) bond motifs is 1. The van der Waals surface area contributed by atoms with Crippen molar-refractivity contribution in [2.24, 2.45) is 5.92 Å². The van der Waals surface area contributed by atoms with Crippen LogP contribution < -0.4 is 0 Å². The van der Waals surface area contributed by atoms with Gasteiger partial charge < -0.3 is 0 Å². The smallest absolute Gasteiger partial charge is 0.151 e. The van der Waals surface area contributed by atoms with Crippen LogP contribution in [0.3, 0.4) is 0 Å². The molecule has 0 N–H and O–H groups in total. The average molecular weight is 251 g/mol. The minimum Gasteiger partial charge on any atom is -0.230 e. The minimum atomic E-state index is 0.681. The summed E-state index contributed by atoms with van der Waals surface area (Å²) in [6.07, 6.45) is 1.21. The summed E-state index contributed by atoms with van der Waals surface area (Å²) < 4.78 is 2.50. The second kappa shape index (κ2) is 5.19. The number of rotatable bonds is 4. The number of hydrogen-bond donors (Lipinski definition) is 0. The Hall–Kier alpha value is -0.540. The molecule has 2 rings (SSSR count). The molecule has 0 bridgehead atoms. The zero-order valence-electron chi connectivity index (χ0n) is 9.93. The van der Waals surface area contributed by atoms with Crippen molar-refractivity contribution in [2.75, 3.05) is 0 Å². The van der Waals surface area contributed by atoms with Crippen molar-refractivity contribution in [3.8, 4) is 0 Å². The number of hydrogen-bond acceptors (Lipinski definition) is 3. The van der Waals surface area contributed by atoms with Gasteiger partial charge in [-0.05, 0) is 24.5 Å². The molecule has 1 nitrogen and oxygen atoms in total. The number of thioether (sulfide) groups is 1. The Morgan fingerprint density at radius 1 is 1.31 bits per heavy atom. The van der Waals surface area contributed by atoms with E-state index in [0.717, 1.165) is 5.52 Å². The molecule has 0 radical (unpaired) electrons. The average Bonchev–Trinajstić information content (AvgIpc) is 2.67. The van der Waals surface area contributed by atoms with Crippen LogP contribution in [-0.4, -0.2) is 10.2 Å². The van der Waals surface area contributed by atoms with E-state index in [4.69, 9.17) is 0 Å². The standard InChI is InChI=1S/C13H17NS2/c1-4-11(9(2)3)15-13-14-10-7-5-6-8-12(10)16-13/h5-9,11H,4H2,1-3H3. The third-order valence-corrected chi connectivity index (χ3v) is 5.52. The number of benzene rings is 1. The molecule has 16 heavy (non-hydrogen) atoms. The molecule has 3 heteroatoms. The molecule has 0 saturated heterocycles. The molecule has 0 spiro atoms. The molecule has 2 aromatic rings. The Labute approximate surface area is 105 Å². The van der Waals surface area contributed by atoms with Gasteiger partial charge in [0, 0.05) is 5.25 Å². The highest BCUT2D eigenvalue weighted by Crippen LogP contribution is 2.35. The summed E-state index contributed by atoms with van der Waals surface area (Å²) in [6.45, 7) is 6.83. The lowest BCUT2D eigenvalue weighted by atomic mass is 10.1. The van der Waals surface area contributed by atoms with E-state index in [-0.39, 0.29) is 0 Å². The Morgan fingerprint density at radius 3 is 2.69 bits per heavy atom. The Balaban J connectivity index is 2.20. The first kappa shape index (κ1) is 11.9. The third-order valence-electron chi connectivity index (χ3n) is 2.67. The first-order valence-corrected chi connectivity index (χ1v) is 7.42. The SMILES string of the molecule is CCC(Sc1nc2ccccc2s1)C(C)C. The van der Waals surface area contributed by atoms with E-state index in [1.807, 2.05) is 23.1 Å². The number of nitrogens with zero attached hydrogens (tertiary/aromatic N) is 1. The van der Waals surface area contributed by atoms with E-state index >= 15 is 0 Å². The summed E-state index contributed by atoms with van der Waals surface area (Å²) in [5.41, 5.74) is 1.13. The quantitative estimate of drug-likeness (QED) is 0.722. The lowest BCUT2D eigenvalue weighted by molar-refractivity contribution is 0.593. The molecule has 1 aromatic heterocycles. The number of aromatic nitrogens is 1. The normalized spacial score (nSPS) is 13.5. The van der Waals surface area contributed by atoms with Gasteiger partial charge in [-0.3, -0.25) is 0 Å². The third kappa shape index (κ3) is 2.58. The van der Waals surface area contributed by atoms with Gasteiger partial charge in [0.25, 0.3) is 0 Å². The maximum absolute atomic E-state index is 4.66. The number of thiazole rings is 1. The largest absolute Gasteiger partial charge is 0.230 e. The van der Waals surface area contributed by atoms with Gasteiger partial charge in [-0.15, -0.1) is 11.3 Å². The Morgan fingerprint density at radius 2 is 2.06 bits per heavy atom. The van der Waals surface area contributed by atoms with Crippen LogP contribution in [0.25, 0.3) is 10.2 Å². The molecule has 1 atom stereocenters. The first-order chi connectivity index (χ1) is 7.70. The maximum atomic E-state index is 4.66. The van der Waals surface area contributed by atoms with E-state index in [9.17, 15) is 0 Å². The second-order valence-electron chi connectivity index (χ2n) is 4.26. The van der Waals surface area contributed by atoms with Crippen molar-refractivity contribution in [1.82, 2.24) is 4.98 Å². The van der Waals surface area contributed by atoms with Crippen LogP contribution in [0.15, 0.2) is 28.6 Å². The zero-order valence-corrected chi connectivity index (χ0v) is 11.6. The van der Waals surface area contributed by atoms with Crippen LogP contribution in [0, 0.1) is 5.92 Å². The van der Waals surface area contributed by atoms with Gasteiger partial charge >= 0.3 is 0 Å². The first-order valence-electron chi connectivity index (χ1n) is 5.73. The Kier molecular flexibility index (Phi) is 3.87. The maximum Gasteiger partial charge on any atom is 0.151 e. The molecule has 0 fully saturated rings. The molecule has 0 saturated carbocycles. The summed E-state index contributed by atoms with van der Waals surface area (Å²) >= 11 is 3.74. The van der Waals surface area contributed by atoms with Gasteiger partial charge in [0.05, 0.1) is 10.2 Å². The van der Waals surface area contributed by atoms with Crippen molar-refractivity contribution in [3.05, 3.63) is 24.3 Å².